The van der Waals surface area contributed by atoms with Gasteiger partial charge in [0.25, 0.3) is 5.82 Å². The summed E-state index contributed by atoms with van der Waals surface area (Å²) in [5, 5.41) is 8.41. The van der Waals surface area contributed by atoms with Crippen LogP contribution < -0.4 is 4.57 Å². The average molecular weight is 208 g/mol. The van der Waals surface area contributed by atoms with Crippen molar-refractivity contribution >= 4 is 0 Å². The number of nitrogens with zero attached hydrogens (tertiary/aromatic N) is 2. The van der Waals surface area contributed by atoms with E-state index < -0.39 is 0 Å². The van der Waals surface area contributed by atoms with Crippen molar-refractivity contribution in [1.82, 2.24) is 4.98 Å². The number of H-pyrrole nitrogens is 1. The number of hydrogen-bond acceptors (Lipinski definition) is 2. The summed E-state index contributed by atoms with van der Waals surface area (Å²) in [5.41, 5.74) is 0. The Balaban J connectivity index is 2.33. The van der Waals surface area contributed by atoms with E-state index in [9.17, 15) is 0 Å². The molecule has 1 aromatic rings. The van der Waals surface area contributed by atoms with E-state index >= 15 is 0 Å². The molecule has 0 aromatic carbocycles. The molecule has 0 unspecified atom stereocenters. The minimum absolute atomic E-state index is 0.651. The highest BCUT2D eigenvalue weighted by Crippen LogP contribution is 1.95. The molecule has 0 aliphatic rings. The number of hydrogen-bond donors (Lipinski definition) is 1. The number of aryl methyl sites for hydroxylation is 1. The SMILES string of the molecule is COCCc1[nH]cc[n+]1CCCCC#N. The molecule has 0 fully saturated rings. The molecule has 82 valence electrons. The van der Waals surface area contributed by atoms with Crippen LogP contribution >= 0.6 is 0 Å². The van der Waals surface area contributed by atoms with Crippen molar-refractivity contribution in [2.24, 2.45) is 0 Å². The second-order valence-electron chi connectivity index (χ2n) is 3.46. The van der Waals surface area contributed by atoms with Gasteiger partial charge in [-0.15, -0.1) is 0 Å². The van der Waals surface area contributed by atoms with Crippen molar-refractivity contribution in [3.05, 3.63) is 18.2 Å². The molecule has 4 heteroatoms. The molecule has 1 heterocycles. The zero-order chi connectivity index (χ0) is 10.9. The van der Waals surface area contributed by atoms with Gasteiger partial charge in [0.1, 0.15) is 12.4 Å². The molecular formula is C11H18N3O+. The third-order valence-corrected chi connectivity index (χ3v) is 2.33. The molecule has 4 nitrogen and oxygen atoms in total. The number of nitrogens with one attached hydrogen (secondary N) is 1. The van der Waals surface area contributed by atoms with Crippen LogP contribution in [0.15, 0.2) is 12.4 Å². The summed E-state index contributed by atoms with van der Waals surface area (Å²) in [4.78, 5) is 3.20. The molecule has 0 saturated carbocycles. The summed E-state index contributed by atoms with van der Waals surface area (Å²) in [5.74, 6) is 1.19. The maximum Gasteiger partial charge on any atom is 0.256 e. The molecular weight excluding hydrogens is 190 g/mol. The number of nitriles is 1. The van der Waals surface area contributed by atoms with Crippen LogP contribution in [0.5, 0.6) is 0 Å². The molecule has 1 rings (SSSR count). The van der Waals surface area contributed by atoms with Crippen LogP contribution in [-0.4, -0.2) is 18.7 Å². The fraction of sp³-hybridized carbons (Fsp3) is 0.636. The zero-order valence-corrected chi connectivity index (χ0v) is 9.20. The lowest BCUT2D eigenvalue weighted by molar-refractivity contribution is -0.703. The van der Waals surface area contributed by atoms with E-state index in [2.05, 4.69) is 15.6 Å². The van der Waals surface area contributed by atoms with Gasteiger partial charge in [0.05, 0.1) is 25.6 Å². The molecule has 0 spiro atoms. The third kappa shape index (κ3) is 4.13. The Morgan fingerprint density at radius 2 is 2.40 bits per heavy atom. The van der Waals surface area contributed by atoms with Crippen LogP contribution in [0.25, 0.3) is 0 Å². The molecule has 1 aromatic heterocycles. The van der Waals surface area contributed by atoms with E-state index in [1.807, 2.05) is 12.4 Å². The van der Waals surface area contributed by atoms with E-state index in [0.717, 1.165) is 32.4 Å². The second kappa shape index (κ2) is 7.02. The summed E-state index contributed by atoms with van der Waals surface area (Å²) in [6.45, 7) is 1.71. The monoisotopic (exact) mass is 208 g/mol. The van der Waals surface area contributed by atoms with Crippen LogP contribution in [0.3, 0.4) is 0 Å². The van der Waals surface area contributed by atoms with E-state index in [0.29, 0.717) is 6.42 Å². The van der Waals surface area contributed by atoms with Crippen molar-refractivity contribution in [2.45, 2.75) is 32.2 Å². The highest BCUT2D eigenvalue weighted by Gasteiger charge is 2.08. The Labute approximate surface area is 90.5 Å². The first kappa shape index (κ1) is 11.7. The van der Waals surface area contributed by atoms with Gasteiger partial charge in [-0.25, -0.2) is 9.55 Å². The van der Waals surface area contributed by atoms with Crippen LogP contribution in [0.4, 0.5) is 0 Å². The number of ether oxygens (including phenoxy) is 1. The summed E-state index contributed by atoms with van der Waals surface area (Å²) >= 11 is 0. The van der Waals surface area contributed by atoms with Gasteiger partial charge in [0, 0.05) is 13.5 Å². The van der Waals surface area contributed by atoms with Crippen LogP contribution in [0.2, 0.25) is 0 Å². The number of aromatic nitrogens is 2. The second-order valence-corrected chi connectivity index (χ2v) is 3.46. The van der Waals surface area contributed by atoms with Crippen LogP contribution in [0.1, 0.15) is 25.1 Å². The Bertz CT molecular complexity index is 314. The topological polar surface area (TPSA) is 52.7 Å². The maximum absolute atomic E-state index is 8.41. The number of unbranched alkanes of at least 4 members (excludes halogenated alkanes) is 2. The lowest BCUT2D eigenvalue weighted by atomic mass is 10.2. The number of rotatable bonds is 7. The van der Waals surface area contributed by atoms with Crippen molar-refractivity contribution < 1.29 is 9.30 Å². The predicted molar refractivity (Wildman–Crippen MR) is 56.0 cm³/mol. The lowest BCUT2D eigenvalue weighted by Gasteiger charge is -1.99. The van der Waals surface area contributed by atoms with E-state index in [1.54, 1.807) is 7.11 Å². The fourth-order valence-corrected chi connectivity index (χ4v) is 1.51. The number of methoxy groups -OCH3 is 1. The van der Waals surface area contributed by atoms with Crippen molar-refractivity contribution in [3.63, 3.8) is 0 Å². The molecule has 0 atom stereocenters. The highest BCUT2D eigenvalue weighted by atomic mass is 16.5. The molecule has 1 N–H and O–H groups in total. The largest absolute Gasteiger partial charge is 0.384 e. The van der Waals surface area contributed by atoms with Crippen LogP contribution in [-0.2, 0) is 17.7 Å². The summed E-state index contributed by atoms with van der Waals surface area (Å²) in [7, 11) is 1.71. The lowest BCUT2D eigenvalue weighted by Crippen LogP contribution is -2.36. The third-order valence-electron chi connectivity index (χ3n) is 2.33. The Morgan fingerprint density at radius 1 is 1.53 bits per heavy atom. The summed E-state index contributed by atoms with van der Waals surface area (Å²) in [6, 6.07) is 2.16. The van der Waals surface area contributed by atoms with Gasteiger partial charge in [-0.2, -0.15) is 5.26 Å². The normalized spacial score (nSPS) is 10.1. The summed E-state index contributed by atoms with van der Waals surface area (Å²) in [6.07, 6.45) is 7.56. The minimum atomic E-state index is 0.651. The standard InChI is InChI=1S/C11H17N3O/c1-15-10-5-11-13-7-9-14(11)8-4-2-3-6-12/h7,9H,2-5,8,10H2,1H3/p+1. The van der Waals surface area contributed by atoms with Gasteiger partial charge in [0.2, 0.25) is 0 Å². The van der Waals surface area contributed by atoms with Gasteiger partial charge in [-0.1, -0.05) is 0 Å². The Kier molecular flexibility index (Phi) is 5.49. The fourth-order valence-electron chi connectivity index (χ4n) is 1.51. The van der Waals surface area contributed by atoms with Gasteiger partial charge in [-0.05, 0) is 12.8 Å². The maximum atomic E-state index is 8.41. The van der Waals surface area contributed by atoms with Crippen molar-refractivity contribution in [3.8, 4) is 6.07 Å². The summed E-state index contributed by atoms with van der Waals surface area (Å²) < 4.78 is 7.23. The Morgan fingerprint density at radius 3 is 3.13 bits per heavy atom. The molecule has 0 saturated heterocycles. The van der Waals surface area contributed by atoms with E-state index in [-0.39, 0.29) is 0 Å². The zero-order valence-electron chi connectivity index (χ0n) is 9.20. The van der Waals surface area contributed by atoms with Crippen molar-refractivity contribution in [1.29, 1.82) is 5.26 Å². The van der Waals surface area contributed by atoms with Gasteiger partial charge in [0.15, 0.2) is 0 Å². The van der Waals surface area contributed by atoms with E-state index in [4.69, 9.17) is 10.00 Å². The number of imidazole rings is 1. The quantitative estimate of drug-likeness (QED) is 0.540. The Hall–Kier alpha value is -1.34. The first-order chi connectivity index (χ1) is 7.38. The van der Waals surface area contributed by atoms with Gasteiger partial charge < -0.3 is 4.74 Å². The van der Waals surface area contributed by atoms with Crippen LogP contribution in [0, 0.1) is 11.3 Å². The smallest absolute Gasteiger partial charge is 0.256 e. The first-order valence-electron chi connectivity index (χ1n) is 5.30. The molecule has 0 aliphatic heterocycles. The van der Waals surface area contributed by atoms with Gasteiger partial charge in [-0.3, -0.25) is 0 Å². The van der Waals surface area contributed by atoms with E-state index in [1.165, 1.54) is 5.82 Å². The molecule has 0 radical (unpaired) electrons. The molecule has 0 aliphatic carbocycles. The minimum Gasteiger partial charge on any atom is -0.384 e. The highest BCUT2D eigenvalue weighted by molar-refractivity contribution is 4.77. The molecule has 0 bridgehead atoms. The molecule has 15 heavy (non-hydrogen) atoms. The van der Waals surface area contributed by atoms with Crippen molar-refractivity contribution in [2.75, 3.05) is 13.7 Å². The molecule has 0 amide bonds. The number of aromatic amines is 1. The first-order valence-corrected chi connectivity index (χ1v) is 5.30. The average Bonchev–Trinajstić information content (AvgIpc) is 2.69. The predicted octanol–water partition coefficient (Wildman–Crippen LogP) is 1.18. The van der Waals surface area contributed by atoms with Gasteiger partial charge >= 0.3 is 0 Å².